The van der Waals surface area contributed by atoms with E-state index in [-0.39, 0.29) is 12.5 Å². The molecule has 3 rings (SSSR count). The Morgan fingerprint density at radius 2 is 1.89 bits per heavy atom. The summed E-state index contributed by atoms with van der Waals surface area (Å²) in [5.41, 5.74) is 1.80. The SMILES string of the molecule is CCN(Cc1nc(-c2ccc(OC)cc2)no1)C(=O)/C=C/c1ccccc1. The minimum atomic E-state index is -0.106. The van der Waals surface area contributed by atoms with Gasteiger partial charge in [-0.1, -0.05) is 35.5 Å². The van der Waals surface area contributed by atoms with Crippen molar-refractivity contribution in [3.8, 4) is 17.1 Å². The number of nitrogens with zero attached hydrogens (tertiary/aromatic N) is 3. The number of carbonyl (C=O) groups is 1. The van der Waals surface area contributed by atoms with E-state index < -0.39 is 0 Å². The Morgan fingerprint density at radius 3 is 2.56 bits per heavy atom. The molecule has 2 aromatic carbocycles. The molecule has 6 heteroatoms. The monoisotopic (exact) mass is 363 g/mol. The molecule has 0 saturated carbocycles. The molecule has 0 spiro atoms. The summed E-state index contributed by atoms with van der Waals surface area (Å²) in [5, 5.41) is 4.00. The highest BCUT2D eigenvalue weighted by atomic mass is 16.5. The first-order chi connectivity index (χ1) is 13.2. The van der Waals surface area contributed by atoms with Crippen LogP contribution in [0.1, 0.15) is 18.4 Å². The first-order valence-electron chi connectivity index (χ1n) is 8.68. The number of likely N-dealkylation sites (N-methyl/N-ethyl adjacent to an activating group) is 1. The molecule has 0 radical (unpaired) electrons. The molecule has 0 unspecified atom stereocenters. The molecular formula is C21H21N3O3. The number of carbonyl (C=O) groups excluding carboxylic acids is 1. The molecule has 0 bridgehead atoms. The van der Waals surface area contributed by atoms with Gasteiger partial charge in [0.2, 0.25) is 17.6 Å². The average Bonchev–Trinajstić information content (AvgIpc) is 3.19. The Labute approximate surface area is 158 Å². The zero-order valence-electron chi connectivity index (χ0n) is 15.3. The zero-order valence-corrected chi connectivity index (χ0v) is 15.3. The maximum Gasteiger partial charge on any atom is 0.247 e. The molecule has 1 amide bonds. The minimum absolute atomic E-state index is 0.106. The fraction of sp³-hybridized carbons (Fsp3) is 0.190. The van der Waals surface area contributed by atoms with Gasteiger partial charge in [0.1, 0.15) is 12.3 Å². The summed E-state index contributed by atoms with van der Waals surface area (Å²) >= 11 is 0. The molecule has 0 aliphatic rings. The number of benzene rings is 2. The van der Waals surface area contributed by atoms with Crippen molar-refractivity contribution in [3.63, 3.8) is 0 Å². The van der Waals surface area contributed by atoms with E-state index in [1.807, 2.05) is 61.5 Å². The minimum Gasteiger partial charge on any atom is -0.497 e. The van der Waals surface area contributed by atoms with Crippen LogP contribution in [0.5, 0.6) is 5.75 Å². The van der Waals surface area contributed by atoms with Crippen LogP contribution in [-0.4, -0.2) is 34.6 Å². The van der Waals surface area contributed by atoms with E-state index in [9.17, 15) is 4.79 Å². The lowest BCUT2D eigenvalue weighted by Crippen LogP contribution is -2.28. The summed E-state index contributed by atoms with van der Waals surface area (Å²) in [7, 11) is 1.62. The largest absolute Gasteiger partial charge is 0.497 e. The zero-order chi connectivity index (χ0) is 19.1. The fourth-order valence-electron chi connectivity index (χ4n) is 2.52. The van der Waals surface area contributed by atoms with Crippen LogP contribution in [0.3, 0.4) is 0 Å². The molecule has 0 aliphatic heterocycles. The van der Waals surface area contributed by atoms with Gasteiger partial charge in [-0.3, -0.25) is 4.79 Å². The van der Waals surface area contributed by atoms with Crippen molar-refractivity contribution in [3.05, 3.63) is 72.1 Å². The molecule has 6 nitrogen and oxygen atoms in total. The van der Waals surface area contributed by atoms with E-state index in [0.717, 1.165) is 16.9 Å². The topological polar surface area (TPSA) is 68.5 Å². The summed E-state index contributed by atoms with van der Waals surface area (Å²) in [6.45, 7) is 2.71. The Bertz CT molecular complexity index is 902. The smallest absolute Gasteiger partial charge is 0.247 e. The number of ether oxygens (including phenoxy) is 1. The van der Waals surface area contributed by atoms with Crippen molar-refractivity contribution >= 4 is 12.0 Å². The van der Waals surface area contributed by atoms with Crippen LogP contribution in [-0.2, 0) is 11.3 Å². The standard InChI is InChI=1S/C21H21N3O3/c1-3-24(20(25)14-9-16-7-5-4-6-8-16)15-19-22-21(23-27-19)17-10-12-18(26-2)13-11-17/h4-14H,3,15H2,1-2H3/b14-9+. The van der Waals surface area contributed by atoms with Gasteiger partial charge >= 0.3 is 0 Å². The van der Waals surface area contributed by atoms with Gasteiger partial charge < -0.3 is 14.2 Å². The van der Waals surface area contributed by atoms with Crippen LogP contribution in [0.2, 0.25) is 0 Å². The van der Waals surface area contributed by atoms with Crippen LogP contribution in [0.4, 0.5) is 0 Å². The van der Waals surface area contributed by atoms with E-state index >= 15 is 0 Å². The second kappa shape index (κ2) is 8.80. The Hall–Kier alpha value is -3.41. The van der Waals surface area contributed by atoms with E-state index in [2.05, 4.69) is 10.1 Å². The van der Waals surface area contributed by atoms with E-state index in [0.29, 0.717) is 18.3 Å². The third kappa shape index (κ3) is 4.82. The number of methoxy groups -OCH3 is 1. The normalized spacial score (nSPS) is 10.9. The van der Waals surface area contributed by atoms with Crippen LogP contribution in [0, 0.1) is 0 Å². The summed E-state index contributed by atoms with van der Waals surface area (Å²) in [6, 6.07) is 17.1. The van der Waals surface area contributed by atoms with Crippen LogP contribution >= 0.6 is 0 Å². The van der Waals surface area contributed by atoms with Crippen LogP contribution in [0.15, 0.2) is 65.2 Å². The number of aromatic nitrogens is 2. The quantitative estimate of drug-likeness (QED) is 0.597. The third-order valence-corrected chi connectivity index (χ3v) is 4.05. The second-order valence-electron chi connectivity index (χ2n) is 5.84. The van der Waals surface area contributed by atoms with Gasteiger partial charge in [-0.05, 0) is 42.8 Å². The lowest BCUT2D eigenvalue weighted by molar-refractivity contribution is -0.126. The fourth-order valence-corrected chi connectivity index (χ4v) is 2.52. The molecular weight excluding hydrogens is 342 g/mol. The molecule has 3 aromatic rings. The van der Waals surface area contributed by atoms with Gasteiger partial charge in [-0.15, -0.1) is 0 Å². The molecule has 1 aromatic heterocycles. The third-order valence-electron chi connectivity index (χ3n) is 4.05. The molecule has 138 valence electrons. The van der Waals surface area contributed by atoms with Gasteiger partial charge in [-0.2, -0.15) is 4.98 Å². The highest BCUT2D eigenvalue weighted by Crippen LogP contribution is 2.20. The molecule has 0 N–H and O–H groups in total. The first kappa shape index (κ1) is 18.4. The Morgan fingerprint density at radius 1 is 1.15 bits per heavy atom. The lowest BCUT2D eigenvalue weighted by Gasteiger charge is -2.16. The van der Waals surface area contributed by atoms with Crippen molar-refractivity contribution in [2.75, 3.05) is 13.7 Å². The number of rotatable bonds is 7. The van der Waals surface area contributed by atoms with Crippen molar-refractivity contribution in [1.29, 1.82) is 0 Å². The summed E-state index contributed by atoms with van der Waals surface area (Å²) in [6.07, 6.45) is 3.35. The van der Waals surface area contributed by atoms with E-state index in [1.165, 1.54) is 0 Å². The molecule has 0 fully saturated rings. The van der Waals surface area contributed by atoms with Crippen molar-refractivity contribution in [2.24, 2.45) is 0 Å². The maximum atomic E-state index is 12.4. The number of hydrogen-bond donors (Lipinski definition) is 0. The van der Waals surface area contributed by atoms with Gasteiger partial charge in [0.25, 0.3) is 0 Å². The summed E-state index contributed by atoms with van der Waals surface area (Å²) < 4.78 is 10.5. The van der Waals surface area contributed by atoms with Crippen molar-refractivity contribution in [2.45, 2.75) is 13.5 Å². The average molecular weight is 363 g/mol. The van der Waals surface area contributed by atoms with Crippen LogP contribution in [0.25, 0.3) is 17.5 Å². The Kier molecular flexibility index (Phi) is 5.99. The van der Waals surface area contributed by atoms with E-state index in [4.69, 9.17) is 9.26 Å². The second-order valence-corrected chi connectivity index (χ2v) is 5.84. The predicted octanol–water partition coefficient (Wildman–Crippen LogP) is 3.81. The van der Waals surface area contributed by atoms with Crippen molar-refractivity contribution in [1.82, 2.24) is 15.0 Å². The highest BCUT2D eigenvalue weighted by molar-refractivity contribution is 5.91. The predicted molar refractivity (Wildman–Crippen MR) is 103 cm³/mol. The van der Waals surface area contributed by atoms with E-state index in [1.54, 1.807) is 24.2 Å². The summed E-state index contributed by atoms with van der Waals surface area (Å²) in [4.78, 5) is 18.5. The molecule has 27 heavy (non-hydrogen) atoms. The number of amides is 1. The lowest BCUT2D eigenvalue weighted by atomic mass is 10.2. The highest BCUT2D eigenvalue weighted by Gasteiger charge is 2.15. The molecule has 0 atom stereocenters. The van der Waals surface area contributed by atoms with Crippen LogP contribution < -0.4 is 4.74 Å². The van der Waals surface area contributed by atoms with Gasteiger partial charge in [-0.25, -0.2) is 0 Å². The molecule has 1 heterocycles. The molecule has 0 aliphatic carbocycles. The number of hydrogen-bond acceptors (Lipinski definition) is 5. The first-order valence-corrected chi connectivity index (χ1v) is 8.68. The van der Waals surface area contributed by atoms with Gasteiger partial charge in [0.15, 0.2) is 0 Å². The summed E-state index contributed by atoms with van der Waals surface area (Å²) in [5.74, 6) is 1.53. The Balaban J connectivity index is 1.66. The molecule has 0 saturated heterocycles. The maximum absolute atomic E-state index is 12.4. The van der Waals surface area contributed by atoms with Crippen molar-refractivity contribution < 1.29 is 14.1 Å². The van der Waals surface area contributed by atoms with Gasteiger partial charge in [0, 0.05) is 18.2 Å². The van der Waals surface area contributed by atoms with Gasteiger partial charge in [0.05, 0.1) is 7.11 Å².